The molecule has 100 valence electrons. The molecule has 0 aliphatic heterocycles. The van der Waals surface area contributed by atoms with E-state index in [-0.39, 0.29) is 17.9 Å². The fourth-order valence-corrected chi connectivity index (χ4v) is 2.05. The van der Waals surface area contributed by atoms with Crippen molar-refractivity contribution in [2.75, 3.05) is 0 Å². The van der Waals surface area contributed by atoms with Gasteiger partial charge in [0.2, 0.25) is 0 Å². The van der Waals surface area contributed by atoms with Crippen molar-refractivity contribution in [3.05, 3.63) is 59.0 Å². The summed E-state index contributed by atoms with van der Waals surface area (Å²) in [5.41, 5.74) is 1.03. The fraction of sp³-hybridized carbons (Fsp3) is 0.267. The predicted molar refractivity (Wildman–Crippen MR) is 75.2 cm³/mol. The second-order valence-electron chi connectivity index (χ2n) is 4.72. The Morgan fingerprint density at radius 2 is 1.89 bits per heavy atom. The molecule has 1 aromatic carbocycles. The van der Waals surface area contributed by atoms with Gasteiger partial charge in [-0.3, -0.25) is 4.79 Å². The minimum atomic E-state index is -0.210. The van der Waals surface area contributed by atoms with E-state index in [0.717, 1.165) is 5.56 Å². The number of nitrogens with one attached hydrogen (secondary N) is 1. The van der Waals surface area contributed by atoms with Gasteiger partial charge in [-0.2, -0.15) is 0 Å². The summed E-state index contributed by atoms with van der Waals surface area (Å²) in [5, 5.41) is 3.66. The molecular weight excluding hydrogens is 262 g/mol. The summed E-state index contributed by atoms with van der Waals surface area (Å²) in [7, 11) is 0. The summed E-state index contributed by atoms with van der Waals surface area (Å²) >= 11 is 5.88. The summed E-state index contributed by atoms with van der Waals surface area (Å²) in [4.78, 5) is 12.0. The highest BCUT2D eigenvalue weighted by Crippen LogP contribution is 2.23. The first-order valence-electron chi connectivity index (χ1n) is 6.18. The largest absolute Gasteiger partial charge is 0.459 e. The monoisotopic (exact) mass is 277 g/mol. The summed E-state index contributed by atoms with van der Waals surface area (Å²) in [6, 6.07) is 10.8. The molecule has 2 rings (SSSR count). The van der Waals surface area contributed by atoms with Crippen LogP contribution in [0, 0.1) is 5.92 Å². The van der Waals surface area contributed by atoms with Gasteiger partial charge < -0.3 is 9.73 Å². The van der Waals surface area contributed by atoms with Gasteiger partial charge in [0.05, 0.1) is 12.3 Å². The van der Waals surface area contributed by atoms with Crippen LogP contribution in [0.5, 0.6) is 0 Å². The molecule has 0 radical (unpaired) electrons. The number of halogens is 1. The zero-order valence-corrected chi connectivity index (χ0v) is 11.6. The summed E-state index contributed by atoms with van der Waals surface area (Å²) in [5.74, 6) is 0.373. The van der Waals surface area contributed by atoms with Gasteiger partial charge in [0.25, 0.3) is 5.91 Å². The van der Waals surface area contributed by atoms with Gasteiger partial charge in [0.1, 0.15) is 0 Å². The first-order valence-corrected chi connectivity index (χ1v) is 6.55. The number of amides is 1. The molecular formula is C15H16ClNO2. The number of hydrogen-bond acceptors (Lipinski definition) is 2. The van der Waals surface area contributed by atoms with E-state index in [1.165, 1.54) is 6.26 Å². The third kappa shape index (κ3) is 3.38. The third-order valence-electron chi connectivity index (χ3n) is 2.93. The topological polar surface area (TPSA) is 42.2 Å². The standard InChI is InChI=1S/C15H16ClNO2/c1-10(2)14(11-5-7-12(16)8-6-11)17-15(18)13-4-3-9-19-13/h3-10,14H,1-2H3,(H,17,18). The quantitative estimate of drug-likeness (QED) is 0.916. The Morgan fingerprint density at radius 1 is 1.21 bits per heavy atom. The van der Waals surface area contributed by atoms with Crippen molar-refractivity contribution in [1.82, 2.24) is 5.32 Å². The molecule has 1 heterocycles. The molecule has 1 aromatic heterocycles. The lowest BCUT2D eigenvalue weighted by Crippen LogP contribution is -2.31. The van der Waals surface area contributed by atoms with E-state index in [4.69, 9.17) is 16.0 Å². The number of hydrogen-bond donors (Lipinski definition) is 1. The Labute approximate surface area is 117 Å². The SMILES string of the molecule is CC(C)C(NC(=O)c1ccco1)c1ccc(Cl)cc1. The molecule has 0 saturated heterocycles. The van der Waals surface area contributed by atoms with E-state index in [0.29, 0.717) is 10.8 Å². The lowest BCUT2D eigenvalue weighted by atomic mass is 9.96. The highest BCUT2D eigenvalue weighted by molar-refractivity contribution is 6.30. The molecule has 0 saturated carbocycles. The van der Waals surface area contributed by atoms with Gasteiger partial charge in [-0.05, 0) is 35.7 Å². The Bertz CT molecular complexity index is 532. The van der Waals surface area contributed by atoms with Gasteiger partial charge in [-0.15, -0.1) is 0 Å². The van der Waals surface area contributed by atoms with Gasteiger partial charge in [0.15, 0.2) is 5.76 Å². The predicted octanol–water partition coefficient (Wildman–Crippen LogP) is 4.06. The van der Waals surface area contributed by atoms with Crippen molar-refractivity contribution in [2.24, 2.45) is 5.92 Å². The van der Waals surface area contributed by atoms with Crippen LogP contribution in [0.15, 0.2) is 47.1 Å². The van der Waals surface area contributed by atoms with Crippen molar-refractivity contribution in [1.29, 1.82) is 0 Å². The van der Waals surface area contributed by atoms with Crippen molar-refractivity contribution >= 4 is 17.5 Å². The van der Waals surface area contributed by atoms with Crippen LogP contribution in [-0.4, -0.2) is 5.91 Å². The summed E-state index contributed by atoms with van der Waals surface area (Å²) in [6.45, 7) is 4.11. The Morgan fingerprint density at radius 3 is 2.42 bits per heavy atom. The average molecular weight is 278 g/mol. The number of carbonyl (C=O) groups excluding carboxylic acids is 1. The van der Waals surface area contributed by atoms with Crippen LogP contribution in [-0.2, 0) is 0 Å². The molecule has 1 atom stereocenters. The molecule has 2 aromatic rings. The summed E-state index contributed by atoms with van der Waals surface area (Å²) in [6.07, 6.45) is 1.49. The first kappa shape index (κ1) is 13.7. The number of rotatable bonds is 4. The van der Waals surface area contributed by atoms with Crippen LogP contribution in [0.1, 0.15) is 36.0 Å². The molecule has 1 unspecified atom stereocenters. The molecule has 0 bridgehead atoms. The molecule has 1 amide bonds. The Hall–Kier alpha value is -1.74. The molecule has 1 N–H and O–H groups in total. The van der Waals surface area contributed by atoms with Gasteiger partial charge in [-0.25, -0.2) is 0 Å². The Balaban J connectivity index is 2.17. The van der Waals surface area contributed by atoms with Gasteiger partial charge in [-0.1, -0.05) is 37.6 Å². The van der Waals surface area contributed by atoms with Crippen molar-refractivity contribution in [3.63, 3.8) is 0 Å². The minimum absolute atomic E-state index is 0.0742. The van der Waals surface area contributed by atoms with Crippen LogP contribution in [0.3, 0.4) is 0 Å². The lowest BCUT2D eigenvalue weighted by Gasteiger charge is -2.22. The molecule has 0 aliphatic carbocycles. The zero-order chi connectivity index (χ0) is 13.8. The molecule has 0 spiro atoms. The minimum Gasteiger partial charge on any atom is -0.459 e. The Kier molecular flexibility index (Phi) is 4.27. The van der Waals surface area contributed by atoms with E-state index in [9.17, 15) is 4.79 Å². The van der Waals surface area contributed by atoms with Crippen molar-refractivity contribution in [3.8, 4) is 0 Å². The average Bonchev–Trinajstić information content (AvgIpc) is 2.90. The van der Waals surface area contributed by atoms with Crippen molar-refractivity contribution in [2.45, 2.75) is 19.9 Å². The number of furan rings is 1. The van der Waals surface area contributed by atoms with E-state index >= 15 is 0 Å². The van der Waals surface area contributed by atoms with Crippen LogP contribution in [0.2, 0.25) is 5.02 Å². The van der Waals surface area contributed by atoms with E-state index in [1.54, 1.807) is 12.1 Å². The maximum atomic E-state index is 12.0. The van der Waals surface area contributed by atoms with Gasteiger partial charge >= 0.3 is 0 Å². The molecule has 0 fully saturated rings. The highest BCUT2D eigenvalue weighted by atomic mass is 35.5. The molecule has 0 aliphatic rings. The first-order chi connectivity index (χ1) is 9.08. The van der Waals surface area contributed by atoms with E-state index in [2.05, 4.69) is 19.2 Å². The van der Waals surface area contributed by atoms with Crippen LogP contribution in [0.4, 0.5) is 0 Å². The maximum absolute atomic E-state index is 12.0. The third-order valence-corrected chi connectivity index (χ3v) is 3.18. The van der Waals surface area contributed by atoms with E-state index < -0.39 is 0 Å². The molecule has 4 heteroatoms. The smallest absolute Gasteiger partial charge is 0.287 e. The normalized spacial score (nSPS) is 12.4. The van der Waals surface area contributed by atoms with Crippen LogP contribution >= 0.6 is 11.6 Å². The van der Waals surface area contributed by atoms with Crippen LogP contribution in [0.25, 0.3) is 0 Å². The lowest BCUT2D eigenvalue weighted by molar-refractivity contribution is 0.0897. The van der Waals surface area contributed by atoms with Crippen LogP contribution < -0.4 is 5.32 Å². The summed E-state index contributed by atoms with van der Waals surface area (Å²) < 4.78 is 5.10. The maximum Gasteiger partial charge on any atom is 0.287 e. The zero-order valence-electron chi connectivity index (χ0n) is 10.9. The second kappa shape index (κ2) is 5.93. The fourth-order valence-electron chi connectivity index (χ4n) is 1.93. The van der Waals surface area contributed by atoms with E-state index in [1.807, 2.05) is 24.3 Å². The molecule has 3 nitrogen and oxygen atoms in total. The molecule has 19 heavy (non-hydrogen) atoms. The van der Waals surface area contributed by atoms with Crippen molar-refractivity contribution < 1.29 is 9.21 Å². The highest BCUT2D eigenvalue weighted by Gasteiger charge is 2.20. The number of benzene rings is 1. The van der Waals surface area contributed by atoms with Gasteiger partial charge in [0, 0.05) is 5.02 Å². The second-order valence-corrected chi connectivity index (χ2v) is 5.16. The number of carbonyl (C=O) groups is 1.